The lowest BCUT2D eigenvalue weighted by Crippen LogP contribution is -2.36. The van der Waals surface area contributed by atoms with Crippen LogP contribution in [0.4, 0.5) is 0 Å². The minimum atomic E-state index is 0.0584. The van der Waals surface area contributed by atoms with Crippen molar-refractivity contribution in [3.05, 3.63) is 29.8 Å². The fourth-order valence-corrected chi connectivity index (χ4v) is 2.76. The highest BCUT2D eigenvalue weighted by atomic mass is 32.2. The highest BCUT2D eigenvalue weighted by Gasteiger charge is 2.21. The molecule has 2 rings (SSSR count). The Morgan fingerprint density at radius 2 is 1.60 bits per heavy atom. The standard InChI is InChI=1S/C15H20N2O2S/c1-12(18)16-8-3-9-17(11-10-16)15(19)13-4-6-14(20-2)7-5-13/h4-7H,3,8-11H2,1-2H3. The van der Waals surface area contributed by atoms with E-state index in [2.05, 4.69) is 0 Å². The average molecular weight is 292 g/mol. The van der Waals surface area contributed by atoms with E-state index in [1.54, 1.807) is 18.7 Å². The fraction of sp³-hybridized carbons (Fsp3) is 0.467. The second-order valence-corrected chi connectivity index (χ2v) is 5.76. The van der Waals surface area contributed by atoms with Gasteiger partial charge in [0.25, 0.3) is 5.91 Å². The lowest BCUT2D eigenvalue weighted by Gasteiger charge is -2.21. The van der Waals surface area contributed by atoms with Gasteiger partial charge in [-0.2, -0.15) is 0 Å². The highest BCUT2D eigenvalue weighted by molar-refractivity contribution is 7.98. The maximum absolute atomic E-state index is 12.4. The van der Waals surface area contributed by atoms with E-state index in [4.69, 9.17) is 0 Å². The van der Waals surface area contributed by atoms with E-state index in [-0.39, 0.29) is 11.8 Å². The highest BCUT2D eigenvalue weighted by Crippen LogP contribution is 2.16. The summed E-state index contributed by atoms with van der Waals surface area (Å²) in [6.45, 7) is 4.28. The Kier molecular flexibility index (Phi) is 5.06. The van der Waals surface area contributed by atoms with Crippen LogP contribution in [0.15, 0.2) is 29.2 Å². The van der Waals surface area contributed by atoms with Crippen LogP contribution in [-0.2, 0) is 4.79 Å². The molecular weight excluding hydrogens is 272 g/mol. The first-order chi connectivity index (χ1) is 9.61. The van der Waals surface area contributed by atoms with Gasteiger partial charge >= 0.3 is 0 Å². The van der Waals surface area contributed by atoms with Crippen LogP contribution in [0.25, 0.3) is 0 Å². The largest absolute Gasteiger partial charge is 0.341 e. The molecule has 0 aromatic heterocycles. The average Bonchev–Trinajstić information content (AvgIpc) is 2.72. The van der Waals surface area contributed by atoms with E-state index in [1.807, 2.05) is 40.3 Å². The first-order valence-corrected chi connectivity index (χ1v) is 8.03. The number of carbonyl (C=O) groups excluding carboxylic acids is 2. The van der Waals surface area contributed by atoms with Crippen molar-refractivity contribution >= 4 is 23.6 Å². The molecule has 0 unspecified atom stereocenters. The number of rotatable bonds is 2. The van der Waals surface area contributed by atoms with Crippen LogP contribution in [0.2, 0.25) is 0 Å². The second kappa shape index (κ2) is 6.79. The SMILES string of the molecule is CSc1ccc(C(=O)N2CCCN(C(C)=O)CC2)cc1. The predicted molar refractivity (Wildman–Crippen MR) is 81.0 cm³/mol. The molecule has 0 saturated carbocycles. The van der Waals surface area contributed by atoms with Crippen LogP contribution in [0.5, 0.6) is 0 Å². The third kappa shape index (κ3) is 3.54. The molecule has 0 N–H and O–H groups in total. The van der Waals surface area contributed by atoms with E-state index in [0.717, 1.165) is 23.4 Å². The molecule has 1 saturated heterocycles. The normalized spacial score (nSPS) is 15.9. The Hall–Kier alpha value is -1.49. The molecule has 1 aromatic rings. The molecule has 0 spiro atoms. The lowest BCUT2D eigenvalue weighted by atomic mass is 10.2. The maximum Gasteiger partial charge on any atom is 0.253 e. The van der Waals surface area contributed by atoms with Crippen molar-refractivity contribution in [1.82, 2.24) is 9.80 Å². The van der Waals surface area contributed by atoms with Crippen molar-refractivity contribution in [1.29, 1.82) is 0 Å². The molecule has 1 heterocycles. The summed E-state index contributed by atoms with van der Waals surface area (Å²) in [5.74, 6) is 0.145. The lowest BCUT2D eigenvalue weighted by molar-refractivity contribution is -0.128. The van der Waals surface area contributed by atoms with E-state index in [9.17, 15) is 9.59 Å². The van der Waals surface area contributed by atoms with Gasteiger partial charge in [-0.25, -0.2) is 0 Å². The molecular formula is C15H20N2O2S. The smallest absolute Gasteiger partial charge is 0.253 e. The van der Waals surface area contributed by atoms with E-state index >= 15 is 0 Å². The zero-order valence-corrected chi connectivity index (χ0v) is 12.8. The first-order valence-electron chi connectivity index (χ1n) is 6.80. The Balaban J connectivity index is 2.03. The molecule has 0 bridgehead atoms. The number of amides is 2. The van der Waals surface area contributed by atoms with E-state index < -0.39 is 0 Å². The number of hydrogen-bond acceptors (Lipinski definition) is 3. The summed E-state index contributed by atoms with van der Waals surface area (Å²) >= 11 is 1.66. The Morgan fingerprint density at radius 3 is 2.20 bits per heavy atom. The van der Waals surface area contributed by atoms with Gasteiger partial charge in [-0.05, 0) is 36.9 Å². The number of benzene rings is 1. The summed E-state index contributed by atoms with van der Waals surface area (Å²) < 4.78 is 0. The molecule has 5 heteroatoms. The van der Waals surface area contributed by atoms with Crippen molar-refractivity contribution in [2.45, 2.75) is 18.2 Å². The first kappa shape index (κ1) is 14.9. The summed E-state index contributed by atoms with van der Waals surface area (Å²) in [5.41, 5.74) is 0.721. The van der Waals surface area contributed by atoms with Crippen molar-refractivity contribution in [3.8, 4) is 0 Å². The zero-order chi connectivity index (χ0) is 14.5. The summed E-state index contributed by atoms with van der Waals surface area (Å²) in [6, 6.07) is 7.69. The molecule has 2 amide bonds. The Morgan fingerprint density at radius 1 is 1.00 bits per heavy atom. The number of nitrogens with zero attached hydrogens (tertiary/aromatic N) is 2. The van der Waals surface area contributed by atoms with Crippen LogP contribution < -0.4 is 0 Å². The van der Waals surface area contributed by atoms with Gasteiger partial charge in [0.2, 0.25) is 5.91 Å². The van der Waals surface area contributed by atoms with Gasteiger partial charge in [-0.15, -0.1) is 11.8 Å². The Labute approximate surface area is 124 Å². The van der Waals surface area contributed by atoms with Gasteiger partial charge in [0.05, 0.1) is 0 Å². The number of thioether (sulfide) groups is 1. The van der Waals surface area contributed by atoms with Crippen LogP contribution >= 0.6 is 11.8 Å². The Bertz CT molecular complexity index is 487. The quantitative estimate of drug-likeness (QED) is 0.784. The van der Waals surface area contributed by atoms with Crippen molar-refractivity contribution in [2.75, 3.05) is 32.4 Å². The van der Waals surface area contributed by atoms with Gasteiger partial charge in [-0.1, -0.05) is 0 Å². The van der Waals surface area contributed by atoms with Crippen LogP contribution in [0.3, 0.4) is 0 Å². The summed E-state index contributed by atoms with van der Waals surface area (Å²) in [5, 5.41) is 0. The van der Waals surface area contributed by atoms with Crippen molar-refractivity contribution in [3.63, 3.8) is 0 Å². The summed E-state index contributed by atoms with van der Waals surface area (Å²) in [6.07, 6.45) is 2.86. The molecule has 108 valence electrons. The van der Waals surface area contributed by atoms with Crippen LogP contribution in [0, 0.1) is 0 Å². The molecule has 0 radical (unpaired) electrons. The topological polar surface area (TPSA) is 40.6 Å². The molecule has 1 fully saturated rings. The minimum Gasteiger partial charge on any atom is -0.341 e. The van der Waals surface area contributed by atoms with Gasteiger partial charge < -0.3 is 9.80 Å². The van der Waals surface area contributed by atoms with E-state index in [1.165, 1.54) is 0 Å². The predicted octanol–water partition coefficient (Wildman–Crippen LogP) is 2.10. The minimum absolute atomic E-state index is 0.0584. The van der Waals surface area contributed by atoms with Crippen molar-refractivity contribution in [2.24, 2.45) is 0 Å². The van der Waals surface area contributed by atoms with Crippen molar-refractivity contribution < 1.29 is 9.59 Å². The monoisotopic (exact) mass is 292 g/mol. The molecule has 4 nitrogen and oxygen atoms in total. The number of carbonyl (C=O) groups is 2. The van der Waals surface area contributed by atoms with Gasteiger partial charge in [0.1, 0.15) is 0 Å². The molecule has 0 atom stereocenters. The van der Waals surface area contributed by atoms with E-state index in [0.29, 0.717) is 19.6 Å². The second-order valence-electron chi connectivity index (χ2n) is 4.88. The third-order valence-corrected chi connectivity index (χ3v) is 4.31. The molecule has 1 aliphatic heterocycles. The summed E-state index contributed by atoms with van der Waals surface area (Å²) in [4.78, 5) is 28.6. The molecule has 1 aromatic carbocycles. The molecule has 20 heavy (non-hydrogen) atoms. The van der Waals surface area contributed by atoms with Gasteiger partial charge in [-0.3, -0.25) is 9.59 Å². The zero-order valence-electron chi connectivity index (χ0n) is 12.0. The molecule has 0 aliphatic carbocycles. The van der Waals surface area contributed by atoms with Gasteiger partial charge in [0, 0.05) is 43.6 Å². The van der Waals surface area contributed by atoms with Crippen LogP contribution in [-0.4, -0.2) is 54.0 Å². The summed E-state index contributed by atoms with van der Waals surface area (Å²) in [7, 11) is 0. The maximum atomic E-state index is 12.4. The number of hydrogen-bond donors (Lipinski definition) is 0. The molecule has 1 aliphatic rings. The van der Waals surface area contributed by atoms with Gasteiger partial charge in [0.15, 0.2) is 0 Å². The third-order valence-electron chi connectivity index (χ3n) is 3.57. The fourth-order valence-electron chi connectivity index (χ4n) is 2.35. The van der Waals surface area contributed by atoms with Crippen LogP contribution in [0.1, 0.15) is 23.7 Å².